The van der Waals surface area contributed by atoms with E-state index in [1.54, 1.807) is 51.4 Å². The first-order valence-electron chi connectivity index (χ1n) is 7.54. The number of hydrogen-bond acceptors (Lipinski definition) is 0. The molecule has 0 aromatic rings. The fourth-order valence-corrected chi connectivity index (χ4v) is 8.92. The molecule has 0 spiro atoms. The molecule has 0 nitrogen and oxygen atoms in total. The van der Waals surface area contributed by atoms with Crippen LogP contribution in [0, 0.1) is 0 Å². The van der Waals surface area contributed by atoms with Gasteiger partial charge < -0.3 is 0 Å². The van der Waals surface area contributed by atoms with E-state index in [1.807, 2.05) is 0 Å². The van der Waals surface area contributed by atoms with Crippen molar-refractivity contribution >= 4 is 16.5 Å². The highest BCUT2D eigenvalue weighted by Gasteiger charge is 2.21. The van der Waals surface area contributed by atoms with E-state index in [-0.39, 0.29) is 0 Å². The summed E-state index contributed by atoms with van der Waals surface area (Å²) in [5.41, 5.74) is 2.37. The summed E-state index contributed by atoms with van der Waals surface area (Å²) in [4.78, 5) is 0. The predicted octanol–water partition coefficient (Wildman–Crippen LogP) is 5.44. The molecule has 16 heavy (non-hydrogen) atoms. The summed E-state index contributed by atoms with van der Waals surface area (Å²) in [5.74, 6) is 0. The summed E-state index contributed by atoms with van der Waals surface area (Å²) in [6.07, 6.45) is 18.6. The van der Waals surface area contributed by atoms with Crippen LogP contribution in [0.4, 0.5) is 0 Å². The van der Waals surface area contributed by atoms with Crippen molar-refractivity contribution in [3.05, 3.63) is 0 Å². The van der Waals surface area contributed by atoms with Gasteiger partial charge in [-0.2, -0.15) is 0 Å². The Bertz CT molecular complexity index is 146. The Morgan fingerprint density at radius 3 is 1.69 bits per heavy atom. The normalized spacial score (nSPS) is 27.8. The van der Waals surface area contributed by atoms with Crippen LogP contribution in [-0.2, 0) is 0 Å². The van der Waals surface area contributed by atoms with E-state index >= 15 is 0 Å². The minimum absolute atomic E-state index is 0.822. The number of rotatable bonds is 3. The first-order chi connectivity index (χ1) is 7.95. The predicted molar refractivity (Wildman–Crippen MR) is 81.0 cm³/mol. The molecule has 0 saturated heterocycles. The van der Waals surface area contributed by atoms with Crippen LogP contribution in [0.5, 0.6) is 0 Å². The van der Waals surface area contributed by atoms with Crippen molar-refractivity contribution in [2.75, 3.05) is 0 Å². The van der Waals surface area contributed by atoms with Crippen molar-refractivity contribution in [3.8, 4) is 0 Å². The Balaban J connectivity index is 1.64. The Hall–Kier alpha value is 0.860. The van der Waals surface area contributed by atoms with Gasteiger partial charge in [0.1, 0.15) is 0 Å². The van der Waals surface area contributed by atoms with Crippen LogP contribution >= 0.6 is 16.5 Å². The molecular formula is C14H29P2+. The van der Waals surface area contributed by atoms with Crippen molar-refractivity contribution < 1.29 is 0 Å². The lowest BCUT2D eigenvalue weighted by atomic mass is 10.2. The zero-order valence-electron chi connectivity index (χ0n) is 10.7. The quantitative estimate of drug-likeness (QED) is 0.468. The van der Waals surface area contributed by atoms with Gasteiger partial charge in [-0.05, 0) is 38.5 Å². The molecule has 2 heteroatoms. The molecule has 2 saturated carbocycles. The Morgan fingerprint density at radius 2 is 1.12 bits per heavy atom. The highest BCUT2D eigenvalue weighted by atomic mass is 32.0. The summed E-state index contributed by atoms with van der Waals surface area (Å²) in [7, 11) is 2.21. The lowest BCUT2D eigenvalue weighted by molar-refractivity contribution is 0.702. The molecule has 2 fully saturated rings. The molecule has 0 heterocycles. The van der Waals surface area contributed by atoms with Crippen molar-refractivity contribution in [3.63, 3.8) is 0 Å². The van der Waals surface area contributed by atoms with Crippen molar-refractivity contribution in [2.24, 2.45) is 0 Å². The monoisotopic (exact) mass is 259 g/mol. The summed E-state index contributed by atoms with van der Waals surface area (Å²) in [5, 5.41) is 0. The smallest absolute Gasteiger partial charge is 0.0533 e. The molecule has 2 aliphatic carbocycles. The average molecular weight is 259 g/mol. The maximum absolute atomic E-state index is 1.59. The van der Waals surface area contributed by atoms with Gasteiger partial charge in [-0.3, -0.25) is 0 Å². The lowest BCUT2D eigenvalue weighted by Crippen LogP contribution is -2.00. The largest absolute Gasteiger partial charge is 0.0672 e. The van der Waals surface area contributed by atoms with Gasteiger partial charge in [-0.25, -0.2) is 0 Å². The average Bonchev–Trinajstić information content (AvgIpc) is 2.71. The molecule has 2 atom stereocenters. The zero-order valence-corrected chi connectivity index (χ0v) is 12.9. The van der Waals surface area contributed by atoms with Gasteiger partial charge in [0.05, 0.1) is 5.66 Å². The number of hydrogen-bond donors (Lipinski definition) is 0. The summed E-state index contributed by atoms with van der Waals surface area (Å²) < 4.78 is 0. The second kappa shape index (κ2) is 8.05. The van der Waals surface area contributed by atoms with Gasteiger partial charge in [0, 0.05) is 22.2 Å². The SMILES string of the molecule is C1CCCC(P[PH2+]C2CCCCCC2)CC1. The van der Waals surface area contributed by atoms with Crippen LogP contribution in [0.15, 0.2) is 0 Å². The van der Waals surface area contributed by atoms with E-state index in [4.69, 9.17) is 0 Å². The molecule has 0 amide bonds. The van der Waals surface area contributed by atoms with Crippen molar-refractivity contribution in [1.82, 2.24) is 0 Å². The van der Waals surface area contributed by atoms with E-state index in [9.17, 15) is 0 Å². The van der Waals surface area contributed by atoms with Crippen molar-refractivity contribution in [1.29, 1.82) is 0 Å². The second-order valence-corrected chi connectivity index (χ2v) is 10.2. The third kappa shape index (κ3) is 5.01. The van der Waals surface area contributed by atoms with Gasteiger partial charge in [-0.1, -0.05) is 38.5 Å². The fourth-order valence-electron chi connectivity index (χ4n) is 3.20. The molecule has 0 bridgehead atoms. The van der Waals surface area contributed by atoms with E-state index in [1.165, 1.54) is 45.3 Å². The summed E-state index contributed by atoms with van der Waals surface area (Å²) in [6, 6.07) is 0. The van der Waals surface area contributed by atoms with E-state index in [2.05, 4.69) is 0 Å². The van der Waals surface area contributed by atoms with Gasteiger partial charge in [0.15, 0.2) is 0 Å². The van der Waals surface area contributed by atoms with Gasteiger partial charge in [0.25, 0.3) is 0 Å². The maximum atomic E-state index is 1.59. The Morgan fingerprint density at radius 1 is 0.625 bits per heavy atom. The Labute approximate surface area is 105 Å². The topological polar surface area (TPSA) is 0 Å². The summed E-state index contributed by atoms with van der Waals surface area (Å²) in [6.45, 7) is 0. The van der Waals surface area contributed by atoms with Crippen molar-refractivity contribution in [2.45, 2.75) is 88.4 Å². The van der Waals surface area contributed by atoms with Gasteiger partial charge >= 0.3 is 0 Å². The highest BCUT2D eigenvalue weighted by molar-refractivity contribution is 8.12. The van der Waals surface area contributed by atoms with E-state index in [0.717, 1.165) is 8.27 Å². The van der Waals surface area contributed by atoms with Crippen LogP contribution in [-0.4, -0.2) is 11.3 Å². The van der Waals surface area contributed by atoms with Crippen LogP contribution in [0.25, 0.3) is 0 Å². The van der Waals surface area contributed by atoms with Crippen LogP contribution in [0.2, 0.25) is 0 Å². The molecule has 2 rings (SSSR count). The third-order valence-corrected chi connectivity index (χ3v) is 10.1. The lowest BCUT2D eigenvalue weighted by Gasteiger charge is -2.13. The second-order valence-electron chi connectivity index (χ2n) is 5.77. The molecule has 0 aromatic carbocycles. The molecular weight excluding hydrogens is 230 g/mol. The highest BCUT2D eigenvalue weighted by Crippen LogP contribution is 2.51. The molecule has 0 N–H and O–H groups in total. The standard InChI is InChI=1S/C14H28P2/c1-2-6-10-13(9-5-1)15-16-14-11-7-3-4-8-12-14/h13-16H,1-12H2/p+1. The minimum Gasteiger partial charge on any atom is -0.0533 e. The molecule has 0 aliphatic heterocycles. The molecule has 2 unspecified atom stereocenters. The van der Waals surface area contributed by atoms with Crippen LogP contribution < -0.4 is 0 Å². The molecule has 0 radical (unpaired) electrons. The van der Waals surface area contributed by atoms with Crippen LogP contribution in [0.1, 0.15) is 77.0 Å². The maximum Gasteiger partial charge on any atom is 0.0672 e. The zero-order chi connectivity index (χ0) is 11.1. The molecule has 94 valence electrons. The molecule has 0 aromatic heterocycles. The first-order valence-corrected chi connectivity index (χ1v) is 11.1. The minimum atomic E-state index is 0.822. The third-order valence-electron chi connectivity index (χ3n) is 4.32. The Kier molecular flexibility index (Phi) is 6.69. The van der Waals surface area contributed by atoms with Crippen LogP contribution in [0.3, 0.4) is 0 Å². The van der Waals surface area contributed by atoms with Gasteiger partial charge in [-0.15, -0.1) is 0 Å². The first kappa shape index (κ1) is 13.3. The van der Waals surface area contributed by atoms with E-state index < -0.39 is 0 Å². The summed E-state index contributed by atoms with van der Waals surface area (Å²) >= 11 is 0. The van der Waals surface area contributed by atoms with E-state index in [0.29, 0.717) is 0 Å². The molecule has 2 aliphatic rings. The fraction of sp³-hybridized carbons (Fsp3) is 1.00. The van der Waals surface area contributed by atoms with Gasteiger partial charge in [0.2, 0.25) is 0 Å².